The summed E-state index contributed by atoms with van der Waals surface area (Å²) in [5, 5.41) is 14.7. The molecule has 0 saturated carbocycles. The second kappa shape index (κ2) is 5.35. The van der Waals surface area contributed by atoms with E-state index in [0.717, 1.165) is 0 Å². The van der Waals surface area contributed by atoms with E-state index >= 15 is 0 Å². The zero-order valence-corrected chi connectivity index (χ0v) is 10.8. The van der Waals surface area contributed by atoms with E-state index in [4.69, 9.17) is 0 Å². The lowest BCUT2D eigenvalue weighted by Gasteiger charge is -2.05. The minimum atomic E-state index is -2.96. The average molecular weight is 283 g/mol. The average Bonchev–Trinajstić information content (AvgIpc) is 2.69. The highest BCUT2D eigenvalue weighted by Crippen LogP contribution is 2.15. The van der Waals surface area contributed by atoms with Gasteiger partial charge in [0.2, 0.25) is 0 Å². The molecule has 1 fully saturated rings. The van der Waals surface area contributed by atoms with Gasteiger partial charge in [-0.25, -0.2) is 8.42 Å². The van der Waals surface area contributed by atoms with Gasteiger partial charge in [-0.05, 0) is 12.5 Å². The Morgan fingerprint density at radius 1 is 1.42 bits per heavy atom. The molecule has 1 aliphatic rings. The standard InChI is InChI=1S/C11H13N3O4S/c15-14(16)11-4-2-1-3-9(11)7-12-13-10-5-6-19(17,18)8-10/h1-4,7,10,13H,5-6,8H2/b12-7+. The van der Waals surface area contributed by atoms with Crippen molar-refractivity contribution in [2.24, 2.45) is 5.10 Å². The van der Waals surface area contributed by atoms with Gasteiger partial charge in [-0.3, -0.25) is 10.1 Å². The van der Waals surface area contributed by atoms with Crippen LogP contribution in [-0.2, 0) is 9.84 Å². The number of hydrazone groups is 1. The maximum Gasteiger partial charge on any atom is 0.278 e. The van der Waals surface area contributed by atoms with E-state index in [0.29, 0.717) is 12.0 Å². The van der Waals surface area contributed by atoms with Gasteiger partial charge in [0, 0.05) is 6.07 Å². The first kappa shape index (κ1) is 13.5. The summed E-state index contributed by atoms with van der Waals surface area (Å²) in [6.45, 7) is 0. The Labute approximate surface area is 110 Å². The number of sulfone groups is 1. The Morgan fingerprint density at radius 2 is 2.16 bits per heavy atom. The number of nitro groups is 1. The van der Waals surface area contributed by atoms with Crippen LogP contribution < -0.4 is 5.43 Å². The molecule has 1 saturated heterocycles. The molecule has 0 radical (unpaired) electrons. The van der Waals surface area contributed by atoms with Crippen LogP contribution in [0.25, 0.3) is 0 Å². The van der Waals surface area contributed by atoms with Crippen molar-refractivity contribution in [3.05, 3.63) is 39.9 Å². The lowest BCUT2D eigenvalue weighted by Crippen LogP contribution is -2.25. The number of nitro benzene ring substituents is 1. The Bertz CT molecular complexity index is 612. The lowest BCUT2D eigenvalue weighted by atomic mass is 10.2. The third kappa shape index (κ3) is 3.50. The largest absolute Gasteiger partial charge is 0.306 e. The molecule has 0 amide bonds. The number of benzene rings is 1. The Hall–Kier alpha value is -1.96. The minimum absolute atomic E-state index is 0.0351. The number of para-hydroxylation sites is 1. The molecule has 0 aromatic heterocycles. The first-order valence-electron chi connectivity index (χ1n) is 5.70. The molecule has 1 aromatic rings. The predicted octanol–water partition coefficient (Wildman–Crippen LogP) is 0.705. The van der Waals surface area contributed by atoms with E-state index in [1.165, 1.54) is 12.3 Å². The van der Waals surface area contributed by atoms with Gasteiger partial charge in [-0.15, -0.1) is 0 Å². The molecule has 1 N–H and O–H groups in total. The molecular weight excluding hydrogens is 270 g/mol. The fourth-order valence-corrected chi connectivity index (χ4v) is 3.54. The second-order valence-electron chi connectivity index (χ2n) is 4.30. The number of rotatable bonds is 4. The topological polar surface area (TPSA) is 102 Å². The molecule has 1 unspecified atom stereocenters. The van der Waals surface area contributed by atoms with Crippen LogP contribution in [0, 0.1) is 10.1 Å². The smallest absolute Gasteiger partial charge is 0.278 e. The number of nitrogens with one attached hydrogen (secondary N) is 1. The van der Waals surface area contributed by atoms with Crippen molar-refractivity contribution in [1.82, 2.24) is 5.43 Å². The normalized spacial score (nSPS) is 21.6. The number of hydrogen-bond acceptors (Lipinski definition) is 6. The molecule has 0 spiro atoms. The summed E-state index contributed by atoms with van der Waals surface area (Å²) in [6, 6.07) is 6.00. The van der Waals surface area contributed by atoms with Crippen LogP contribution >= 0.6 is 0 Å². The zero-order chi connectivity index (χ0) is 13.9. The second-order valence-corrected chi connectivity index (χ2v) is 6.53. The van der Waals surface area contributed by atoms with Gasteiger partial charge in [0.25, 0.3) is 5.69 Å². The summed E-state index contributed by atoms with van der Waals surface area (Å²) in [4.78, 5) is 10.3. The highest BCUT2D eigenvalue weighted by atomic mass is 32.2. The van der Waals surface area contributed by atoms with Crippen molar-refractivity contribution in [1.29, 1.82) is 0 Å². The summed E-state index contributed by atoms with van der Waals surface area (Å²) in [5.41, 5.74) is 3.06. The Balaban J connectivity index is 2.02. The molecule has 8 heteroatoms. The first-order chi connectivity index (χ1) is 8.98. The van der Waals surface area contributed by atoms with Crippen molar-refractivity contribution in [3.63, 3.8) is 0 Å². The maximum absolute atomic E-state index is 11.2. The molecule has 1 aromatic carbocycles. The maximum atomic E-state index is 11.2. The minimum Gasteiger partial charge on any atom is -0.306 e. The van der Waals surface area contributed by atoms with Gasteiger partial charge >= 0.3 is 0 Å². The zero-order valence-electron chi connectivity index (χ0n) is 10.0. The molecule has 0 aliphatic carbocycles. The van der Waals surface area contributed by atoms with Gasteiger partial charge in [-0.1, -0.05) is 12.1 Å². The van der Waals surface area contributed by atoms with Crippen molar-refractivity contribution in [3.8, 4) is 0 Å². The van der Waals surface area contributed by atoms with E-state index in [-0.39, 0.29) is 23.2 Å². The van der Waals surface area contributed by atoms with Gasteiger partial charge in [0.15, 0.2) is 9.84 Å². The summed E-state index contributed by atoms with van der Waals surface area (Å²) in [5.74, 6) is 0.215. The molecule has 1 atom stereocenters. The van der Waals surface area contributed by atoms with Crippen molar-refractivity contribution >= 4 is 21.7 Å². The molecule has 2 rings (SSSR count). The van der Waals surface area contributed by atoms with Gasteiger partial charge < -0.3 is 5.43 Å². The fraction of sp³-hybridized carbons (Fsp3) is 0.364. The van der Waals surface area contributed by atoms with Crippen LogP contribution in [0.1, 0.15) is 12.0 Å². The molecule has 1 heterocycles. The third-order valence-corrected chi connectivity index (χ3v) is 4.59. The van der Waals surface area contributed by atoms with Crippen molar-refractivity contribution < 1.29 is 13.3 Å². The lowest BCUT2D eigenvalue weighted by molar-refractivity contribution is -0.385. The van der Waals surface area contributed by atoms with E-state index in [2.05, 4.69) is 10.5 Å². The quantitative estimate of drug-likeness (QED) is 0.498. The van der Waals surface area contributed by atoms with Crippen LogP contribution in [0.4, 0.5) is 5.69 Å². The van der Waals surface area contributed by atoms with E-state index in [1.807, 2.05) is 0 Å². The molecular formula is C11H13N3O4S. The number of hydrogen-bond donors (Lipinski definition) is 1. The molecule has 1 aliphatic heterocycles. The van der Waals surface area contributed by atoms with E-state index < -0.39 is 14.8 Å². The molecule has 0 bridgehead atoms. The molecule has 7 nitrogen and oxygen atoms in total. The predicted molar refractivity (Wildman–Crippen MR) is 70.9 cm³/mol. The van der Waals surface area contributed by atoms with Gasteiger partial charge in [0.1, 0.15) is 0 Å². The molecule has 102 valence electrons. The Kier molecular flexibility index (Phi) is 3.79. The number of nitrogens with zero attached hydrogens (tertiary/aromatic N) is 2. The van der Waals surface area contributed by atoms with Crippen LogP contribution in [0.3, 0.4) is 0 Å². The van der Waals surface area contributed by atoms with Crippen LogP contribution in [-0.4, -0.2) is 37.1 Å². The van der Waals surface area contributed by atoms with Gasteiger partial charge in [0.05, 0.1) is 34.2 Å². The monoisotopic (exact) mass is 283 g/mol. The summed E-state index contributed by atoms with van der Waals surface area (Å²) in [6.07, 6.45) is 1.85. The van der Waals surface area contributed by atoms with E-state index in [9.17, 15) is 18.5 Å². The SMILES string of the molecule is O=[N+]([O-])c1ccccc1/C=N/NC1CCS(=O)(=O)C1. The van der Waals surface area contributed by atoms with Crippen LogP contribution in [0.5, 0.6) is 0 Å². The molecule has 19 heavy (non-hydrogen) atoms. The van der Waals surface area contributed by atoms with E-state index in [1.54, 1.807) is 18.2 Å². The third-order valence-electron chi connectivity index (χ3n) is 2.83. The van der Waals surface area contributed by atoms with Gasteiger partial charge in [-0.2, -0.15) is 5.10 Å². The first-order valence-corrected chi connectivity index (χ1v) is 7.52. The van der Waals surface area contributed by atoms with Crippen LogP contribution in [0.2, 0.25) is 0 Å². The van der Waals surface area contributed by atoms with Crippen molar-refractivity contribution in [2.75, 3.05) is 11.5 Å². The summed E-state index contributed by atoms with van der Waals surface area (Å²) < 4.78 is 22.5. The fourth-order valence-electron chi connectivity index (χ4n) is 1.87. The summed E-state index contributed by atoms with van der Waals surface area (Å²) >= 11 is 0. The van der Waals surface area contributed by atoms with Crippen LogP contribution in [0.15, 0.2) is 29.4 Å². The highest BCUT2D eigenvalue weighted by molar-refractivity contribution is 7.91. The highest BCUT2D eigenvalue weighted by Gasteiger charge is 2.27. The summed E-state index contributed by atoms with van der Waals surface area (Å²) in [7, 11) is -2.96. The Morgan fingerprint density at radius 3 is 2.79 bits per heavy atom. The van der Waals surface area contributed by atoms with Crippen molar-refractivity contribution in [2.45, 2.75) is 12.5 Å².